The van der Waals surface area contributed by atoms with Crippen LogP contribution in [0.2, 0.25) is 0 Å². The Kier molecular flexibility index (Phi) is 6.29. The molecule has 0 saturated carbocycles. The van der Waals surface area contributed by atoms with Gasteiger partial charge >= 0.3 is 0 Å². The topological polar surface area (TPSA) is 52.7 Å². The van der Waals surface area contributed by atoms with Gasteiger partial charge in [0.1, 0.15) is 0 Å². The van der Waals surface area contributed by atoms with Crippen LogP contribution in [-0.4, -0.2) is 37.4 Å². The molecule has 0 bridgehead atoms. The molecule has 1 heterocycles. The van der Waals surface area contributed by atoms with Gasteiger partial charge in [-0.15, -0.1) is 0 Å². The van der Waals surface area contributed by atoms with E-state index in [9.17, 15) is 9.59 Å². The molecule has 1 atom stereocenters. The molecule has 6 heteroatoms. The Morgan fingerprint density at radius 1 is 1.11 bits per heavy atom. The van der Waals surface area contributed by atoms with E-state index >= 15 is 0 Å². The highest BCUT2D eigenvalue weighted by Gasteiger charge is 2.34. The highest BCUT2D eigenvalue weighted by atomic mass is 79.9. The first-order valence-corrected chi connectivity index (χ1v) is 9.78. The molecule has 2 aromatic rings. The molecule has 0 spiro atoms. The average Bonchev–Trinajstić information content (AvgIpc) is 3.03. The van der Waals surface area contributed by atoms with Gasteiger partial charge in [0.2, 0.25) is 11.8 Å². The van der Waals surface area contributed by atoms with Gasteiger partial charge in [-0.05, 0) is 49.5 Å². The molecule has 2 aromatic carbocycles. The number of hydrogen-bond acceptors (Lipinski definition) is 3. The zero-order valence-electron chi connectivity index (χ0n) is 15.6. The van der Waals surface area contributed by atoms with Crippen LogP contribution in [0.1, 0.15) is 17.5 Å². The van der Waals surface area contributed by atoms with Crippen LogP contribution < -0.4 is 10.2 Å². The highest BCUT2D eigenvalue weighted by molar-refractivity contribution is 9.10. The number of halogens is 1. The van der Waals surface area contributed by atoms with Crippen molar-refractivity contribution in [2.24, 2.45) is 5.92 Å². The van der Waals surface area contributed by atoms with Crippen molar-refractivity contribution in [3.05, 3.63) is 64.1 Å². The molecule has 0 radical (unpaired) electrons. The second kappa shape index (κ2) is 8.67. The molecule has 0 aromatic heterocycles. The van der Waals surface area contributed by atoms with Crippen LogP contribution in [0.15, 0.2) is 53.0 Å². The van der Waals surface area contributed by atoms with Crippen LogP contribution in [-0.2, 0) is 22.7 Å². The lowest BCUT2D eigenvalue weighted by Gasteiger charge is -2.17. The zero-order chi connectivity index (χ0) is 19.4. The molecule has 3 rings (SSSR count). The third-order valence-electron chi connectivity index (χ3n) is 4.62. The van der Waals surface area contributed by atoms with E-state index in [4.69, 9.17) is 0 Å². The predicted octanol–water partition coefficient (Wildman–Crippen LogP) is 3.18. The van der Waals surface area contributed by atoms with Crippen LogP contribution in [0.3, 0.4) is 0 Å². The van der Waals surface area contributed by atoms with Crippen molar-refractivity contribution >= 4 is 33.4 Å². The summed E-state index contributed by atoms with van der Waals surface area (Å²) in [6, 6.07) is 15.8. The van der Waals surface area contributed by atoms with Gasteiger partial charge < -0.3 is 15.1 Å². The number of hydrogen-bond donors (Lipinski definition) is 1. The summed E-state index contributed by atoms with van der Waals surface area (Å²) in [5, 5.41) is 2.97. The largest absolute Gasteiger partial charge is 0.352 e. The SMILES string of the molecule is CN(C)Cc1ccc(CNC(=O)C2CC(=O)N(c3ccc(Br)cc3)C2)cc1. The molecule has 1 N–H and O–H groups in total. The molecule has 2 amide bonds. The molecule has 27 heavy (non-hydrogen) atoms. The fourth-order valence-electron chi connectivity index (χ4n) is 3.21. The van der Waals surface area contributed by atoms with Crippen molar-refractivity contribution in [1.82, 2.24) is 10.2 Å². The minimum Gasteiger partial charge on any atom is -0.352 e. The molecule has 0 aliphatic carbocycles. The van der Waals surface area contributed by atoms with Gasteiger partial charge in [0, 0.05) is 36.2 Å². The number of nitrogens with one attached hydrogen (secondary N) is 1. The Labute approximate surface area is 168 Å². The van der Waals surface area contributed by atoms with Gasteiger partial charge in [-0.25, -0.2) is 0 Å². The van der Waals surface area contributed by atoms with Crippen molar-refractivity contribution in [3.63, 3.8) is 0 Å². The molecule has 1 unspecified atom stereocenters. The van der Waals surface area contributed by atoms with E-state index < -0.39 is 0 Å². The quantitative estimate of drug-likeness (QED) is 0.766. The second-order valence-corrected chi connectivity index (χ2v) is 8.07. The smallest absolute Gasteiger partial charge is 0.227 e. The first-order chi connectivity index (χ1) is 12.9. The third kappa shape index (κ3) is 5.17. The summed E-state index contributed by atoms with van der Waals surface area (Å²) < 4.78 is 0.962. The maximum atomic E-state index is 12.5. The number of carbonyl (C=O) groups is 2. The summed E-state index contributed by atoms with van der Waals surface area (Å²) in [5.41, 5.74) is 3.12. The maximum absolute atomic E-state index is 12.5. The Morgan fingerprint density at radius 3 is 2.37 bits per heavy atom. The standard InChI is InChI=1S/C21H24BrN3O2/c1-24(2)13-16-5-3-15(4-6-16)12-23-21(27)17-11-20(26)25(14-17)19-9-7-18(22)8-10-19/h3-10,17H,11-14H2,1-2H3,(H,23,27). The van der Waals surface area contributed by atoms with Crippen LogP contribution >= 0.6 is 15.9 Å². The van der Waals surface area contributed by atoms with Crippen molar-refractivity contribution in [2.45, 2.75) is 19.5 Å². The van der Waals surface area contributed by atoms with E-state index in [1.165, 1.54) is 5.56 Å². The predicted molar refractivity (Wildman–Crippen MR) is 110 cm³/mol. The van der Waals surface area contributed by atoms with Crippen molar-refractivity contribution in [2.75, 3.05) is 25.5 Å². The van der Waals surface area contributed by atoms with Gasteiger partial charge in [0.05, 0.1) is 5.92 Å². The van der Waals surface area contributed by atoms with E-state index in [-0.39, 0.29) is 24.2 Å². The first-order valence-electron chi connectivity index (χ1n) is 8.98. The fourth-order valence-corrected chi connectivity index (χ4v) is 3.48. The number of amides is 2. The normalized spacial score (nSPS) is 16.8. The Bertz CT molecular complexity index is 803. The van der Waals surface area contributed by atoms with E-state index in [1.54, 1.807) is 4.90 Å². The molecular formula is C21H24BrN3O2. The maximum Gasteiger partial charge on any atom is 0.227 e. The second-order valence-electron chi connectivity index (χ2n) is 7.15. The van der Waals surface area contributed by atoms with Crippen molar-refractivity contribution in [3.8, 4) is 0 Å². The zero-order valence-corrected chi connectivity index (χ0v) is 17.2. The number of nitrogens with zero attached hydrogens (tertiary/aromatic N) is 2. The molecule has 142 valence electrons. The molecule has 5 nitrogen and oxygen atoms in total. The van der Waals surface area contributed by atoms with Gasteiger partial charge in [0.25, 0.3) is 0 Å². The summed E-state index contributed by atoms with van der Waals surface area (Å²) in [6.07, 6.45) is 0.254. The lowest BCUT2D eigenvalue weighted by atomic mass is 10.1. The number of anilines is 1. The number of benzene rings is 2. The molecule has 1 aliphatic rings. The van der Waals surface area contributed by atoms with Crippen molar-refractivity contribution in [1.29, 1.82) is 0 Å². The van der Waals surface area contributed by atoms with E-state index in [0.717, 1.165) is 22.3 Å². The van der Waals surface area contributed by atoms with Crippen LogP contribution in [0.4, 0.5) is 5.69 Å². The number of rotatable bonds is 6. The summed E-state index contributed by atoms with van der Waals surface area (Å²) in [5.74, 6) is -0.389. The van der Waals surface area contributed by atoms with E-state index in [0.29, 0.717) is 13.1 Å². The number of carbonyl (C=O) groups excluding carboxylic acids is 2. The fraction of sp³-hybridized carbons (Fsp3) is 0.333. The Balaban J connectivity index is 1.54. The van der Waals surface area contributed by atoms with Gasteiger partial charge in [-0.1, -0.05) is 40.2 Å². The minimum atomic E-state index is -0.311. The molecule has 1 saturated heterocycles. The molecule has 1 aliphatic heterocycles. The summed E-state index contributed by atoms with van der Waals surface area (Å²) >= 11 is 3.39. The highest BCUT2D eigenvalue weighted by Crippen LogP contribution is 2.26. The molecular weight excluding hydrogens is 406 g/mol. The monoisotopic (exact) mass is 429 g/mol. The Morgan fingerprint density at radius 2 is 1.74 bits per heavy atom. The molecule has 1 fully saturated rings. The minimum absolute atomic E-state index is 0.00879. The van der Waals surface area contributed by atoms with E-state index in [1.807, 2.05) is 50.5 Å². The van der Waals surface area contributed by atoms with Gasteiger partial charge in [-0.2, -0.15) is 0 Å². The Hall–Kier alpha value is -2.18. The summed E-state index contributed by atoms with van der Waals surface area (Å²) in [4.78, 5) is 28.6. The lowest BCUT2D eigenvalue weighted by molar-refractivity contribution is -0.126. The lowest BCUT2D eigenvalue weighted by Crippen LogP contribution is -2.32. The average molecular weight is 430 g/mol. The summed E-state index contributed by atoms with van der Waals surface area (Å²) in [7, 11) is 4.07. The third-order valence-corrected chi connectivity index (χ3v) is 5.15. The van der Waals surface area contributed by atoms with Crippen LogP contribution in [0.5, 0.6) is 0 Å². The first kappa shape index (κ1) is 19.6. The van der Waals surface area contributed by atoms with Gasteiger partial charge in [-0.3, -0.25) is 9.59 Å². The van der Waals surface area contributed by atoms with Crippen LogP contribution in [0, 0.1) is 5.92 Å². The summed E-state index contributed by atoms with van der Waals surface area (Å²) in [6.45, 7) is 1.79. The van der Waals surface area contributed by atoms with Crippen LogP contribution in [0.25, 0.3) is 0 Å². The van der Waals surface area contributed by atoms with E-state index in [2.05, 4.69) is 38.3 Å². The van der Waals surface area contributed by atoms with Crippen molar-refractivity contribution < 1.29 is 9.59 Å². The van der Waals surface area contributed by atoms with Gasteiger partial charge in [0.15, 0.2) is 0 Å².